The number of aromatic nitrogens is 1. The zero-order valence-corrected chi connectivity index (χ0v) is 16.6. The van der Waals surface area contributed by atoms with Gasteiger partial charge < -0.3 is 14.7 Å². The van der Waals surface area contributed by atoms with Gasteiger partial charge in [-0.3, -0.25) is 9.59 Å². The fraction of sp³-hybridized carbons (Fsp3) is 0.348. The third kappa shape index (κ3) is 4.01. The van der Waals surface area contributed by atoms with Crippen LogP contribution in [0.15, 0.2) is 53.1 Å². The van der Waals surface area contributed by atoms with Crippen LogP contribution in [0, 0.1) is 0 Å². The summed E-state index contributed by atoms with van der Waals surface area (Å²) in [5, 5.41) is 8.88. The van der Waals surface area contributed by atoms with Gasteiger partial charge in [0.25, 0.3) is 11.8 Å². The molecule has 0 saturated carbocycles. The summed E-state index contributed by atoms with van der Waals surface area (Å²) in [5.41, 5.74) is 0.924. The lowest BCUT2D eigenvalue weighted by atomic mass is 9.98. The maximum absolute atomic E-state index is 13.3. The van der Waals surface area contributed by atoms with Crippen LogP contribution in [0.2, 0.25) is 0 Å². The average Bonchev–Trinajstić information content (AvgIpc) is 3.27. The number of nitrogens with one attached hydrogen (secondary N) is 1. The number of nitrogens with zero attached hydrogens (tertiary/aromatic N) is 2. The summed E-state index contributed by atoms with van der Waals surface area (Å²) < 4.78 is 5.49. The Morgan fingerprint density at radius 1 is 1.14 bits per heavy atom. The summed E-state index contributed by atoms with van der Waals surface area (Å²) in [5.74, 6) is 0.305. The largest absolute Gasteiger partial charge is 0.358 e. The molecule has 29 heavy (non-hydrogen) atoms. The van der Waals surface area contributed by atoms with Crippen LogP contribution in [0.4, 0.5) is 0 Å². The molecule has 2 heterocycles. The predicted octanol–water partition coefficient (Wildman–Crippen LogP) is 4.34. The molecule has 3 aromatic rings. The van der Waals surface area contributed by atoms with Crippen molar-refractivity contribution in [3.8, 4) is 0 Å². The van der Waals surface area contributed by atoms with E-state index in [0.29, 0.717) is 24.4 Å². The van der Waals surface area contributed by atoms with Gasteiger partial charge in [-0.15, -0.1) is 0 Å². The summed E-state index contributed by atoms with van der Waals surface area (Å²) in [7, 11) is 0. The smallest absolute Gasteiger partial charge is 0.273 e. The number of likely N-dealkylation sites (tertiary alicyclic amines) is 1. The van der Waals surface area contributed by atoms with Crippen LogP contribution in [0.25, 0.3) is 10.8 Å². The Labute approximate surface area is 169 Å². The molecular weight excluding hydrogens is 366 g/mol. The van der Waals surface area contributed by atoms with Gasteiger partial charge >= 0.3 is 0 Å². The Hall–Kier alpha value is -3.15. The fourth-order valence-corrected chi connectivity index (χ4v) is 3.84. The lowest BCUT2D eigenvalue weighted by Gasteiger charge is -2.34. The van der Waals surface area contributed by atoms with Crippen LogP contribution in [-0.2, 0) is 0 Å². The van der Waals surface area contributed by atoms with E-state index in [-0.39, 0.29) is 23.6 Å². The first-order valence-corrected chi connectivity index (χ1v) is 10.2. The molecule has 1 atom stereocenters. The van der Waals surface area contributed by atoms with E-state index in [2.05, 4.69) is 10.5 Å². The van der Waals surface area contributed by atoms with Crippen molar-refractivity contribution in [1.82, 2.24) is 15.4 Å². The zero-order chi connectivity index (χ0) is 20.2. The number of rotatable bonds is 5. The van der Waals surface area contributed by atoms with E-state index < -0.39 is 0 Å². The quantitative estimate of drug-likeness (QED) is 0.702. The Morgan fingerprint density at radius 3 is 2.79 bits per heavy atom. The Bertz CT molecular complexity index is 1030. The number of hydrogen-bond acceptors (Lipinski definition) is 4. The van der Waals surface area contributed by atoms with Crippen LogP contribution in [-0.4, -0.2) is 35.0 Å². The summed E-state index contributed by atoms with van der Waals surface area (Å²) in [6.45, 7) is 3.25. The maximum Gasteiger partial charge on any atom is 0.273 e. The topological polar surface area (TPSA) is 75.4 Å². The minimum Gasteiger partial charge on any atom is -0.358 e. The van der Waals surface area contributed by atoms with E-state index in [4.69, 9.17) is 4.52 Å². The highest BCUT2D eigenvalue weighted by Crippen LogP contribution is 2.33. The second-order valence-electron chi connectivity index (χ2n) is 7.44. The number of amides is 2. The second-order valence-corrected chi connectivity index (χ2v) is 7.44. The molecule has 0 radical (unpaired) electrons. The van der Waals surface area contributed by atoms with Crippen molar-refractivity contribution in [3.63, 3.8) is 0 Å². The monoisotopic (exact) mass is 391 g/mol. The molecule has 1 unspecified atom stereocenters. The van der Waals surface area contributed by atoms with Gasteiger partial charge in [-0.2, -0.15) is 0 Å². The van der Waals surface area contributed by atoms with Crippen molar-refractivity contribution in [2.24, 2.45) is 0 Å². The Kier molecular flexibility index (Phi) is 5.60. The molecule has 6 heteroatoms. The fourth-order valence-electron chi connectivity index (χ4n) is 3.84. The van der Waals surface area contributed by atoms with E-state index in [9.17, 15) is 9.59 Å². The van der Waals surface area contributed by atoms with Crippen LogP contribution < -0.4 is 5.32 Å². The van der Waals surface area contributed by atoms with Gasteiger partial charge in [0.05, 0.1) is 6.04 Å². The third-order valence-corrected chi connectivity index (χ3v) is 5.39. The number of fused-ring (bicyclic) bond motifs is 1. The minimum absolute atomic E-state index is 0.0196. The second kappa shape index (κ2) is 8.47. The van der Waals surface area contributed by atoms with Crippen molar-refractivity contribution in [1.29, 1.82) is 0 Å². The molecule has 150 valence electrons. The zero-order valence-electron chi connectivity index (χ0n) is 16.6. The van der Waals surface area contributed by atoms with Crippen molar-refractivity contribution in [3.05, 3.63) is 65.5 Å². The third-order valence-electron chi connectivity index (χ3n) is 5.39. The summed E-state index contributed by atoms with van der Waals surface area (Å²) >= 11 is 0. The van der Waals surface area contributed by atoms with Gasteiger partial charge in [0, 0.05) is 24.7 Å². The van der Waals surface area contributed by atoms with Gasteiger partial charge in [0.1, 0.15) is 0 Å². The average molecular weight is 391 g/mol. The van der Waals surface area contributed by atoms with Gasteiger partial charge in [-0.1, -0.05) is 42.4 Å². The minimum atomic E-state index is -0.245. The molecule has 0 spiro atoms. The molecule has 1 N–H and O–H groups in total. The SMILES string of the molecule is CCCNC(=O)c1cc(C2CCCCN2C(=O)c2ccc3ccccc3c2)on1. The summed E-state index contributed by atoms with van der Waals surface area (Å²) in [6.07, 6.45) is 3.61. The van der Waals surface area contributed by atoms with Crippen molar-refractivity contribution in [2.45, 2.75) is 38.6 Å². The molecule has 1 fully saturated rings. The first kappa shape index (κ1) is 19.2. The molecular formula is C23H25N3O3. The van der Waals surface area contributed by atoms with E-state index in [1.165, 1.54) is 0 Å². The van der Waals surface area contributed by atoms with Crippen molar-refractivity contribution >= 4 is 22.6 Å². The highest BCUT2D eigenvalue weighted by Gasteiger charge is 2.32. The molecule has 0 bridgehead atoms. The summed E-state index contributed by atoms with van der Waals surface area (Å²) in [6, 6.07) is 15.3. The maximum atomic E-state index is 13.3. The Morgan fingerprint density at radius 2 is 1.97 bits per heavy atom. The highest BCUT2D eigenvalue weighted by molar-refractivity contribution is 5.99. The molecule has 6 nitrogen and oxygen atoms in total. The Balaban J connectivity index is 1.57. The highest BCUT2D eigenvalue weighted by atomic mass is 16.5. The standard InChI is InChI=1S/C23H25N3O3/c1-2-12-24-22(27)19-15-21(29-25-19)20-9-5-6-13-26(20)23(28)18-11-10-16-7-3-4-8-17(16)14-18/h3-4,7-8,10-11,14-15,20H,2,5-6,9,12-13H2,1H3,(H,24,27). The molecule has 0 aliphatic carbocycles. The summed E-state index contributed by atoms with van der Waals surface area (Å²) in [4.78, 5) is 27.3. The lowest BCUT2D eigenvalue weighted by molar-refractivity contribution is 0.0570. The number of carbonyl (C=O) groups is 2. The molecule has 4 rings (SSSR count). The van der Waals surface area contributed by atoms with Crippen LogP contribution in [0.5, 0.6) is 0 Å². The van der Waals surface area contributed by atoms with Crippen LogP contribution >= 0.6 is 0 Å². The molecule has 1 aliphatic heterocycles. The number of benzene rings is 2. The molecule has 2 aromatic carbocycles. The van der Waals surface area contributed by atoms with Gasteiger partial charge in [0.15, 0.2) is 11.5 Å². The van der Waals surface area contributed by atoms with Crippen molar-refractivity contribution in [2.75, 3.05) is 13.1 Å². The van der Waals surface area contributed by atoms with Gasteiger partial charge in [-0.05, 0) is 48.6 Å². The number of piperidine rings is 1. The van der Waals surface area contributed by atoms with Gasteiger partial charge in [-0.25, -0.2) is 0 Å². The van der Waals surface area contributed by atoms with Gasteiger partial charge in [0.2, 0.25) is 0 Å². The normalized spacial score (nSPS) is 16.7. The van der Waals surface area contributed by atoms with Crippen LogP contribution in [0.1, 0.15) is 65.3 Å². The number of hydrogen-bond donors (Lipinski definition) is 1. The predicted molar refractivity (Wildman–Crippen MR) is 111 cm³/mol. The van der Waals surface area contributed by atoms with E-state index in [0.717, 1.165) is 36.5 Å². The van der Waals surface area contributed by atoms with E-state index in [1.807, 2.05) is 54.3 Å². The molecule has 1 saturated heterocycles. The first-order valence-electron chi connectivity index (χ1n) is 10.2. The lowest BCUT2D eigenvalue weighted by Crippen LogP contribution is -2.38. The van der Waals surface area contributed by atoms with E-state index >= 15 is 0 Å². The van der Waals surface area contributed by atoms with E-state index in [1.54, 1.807) is 6.07 Å². The van der Waals surface area contributed by atoms with Crippen LogP contribution in [0.3, 0.4) is 0 Å². The number of carbonyl (C=O) groups excluding carboxylic acids is 2. The molecule has 1 aromatic heterocycles. The molecule has 1 aliphatic rings. The first-order chi connectivity index (χ1) is 14.2. The van der Waals surface area contributed by atoms with Crippen molar-refractivity contribution < 1.29 is 14.1 Å². The molecule has 2 amide bonds.